The van der Waals surface area contributed by atoms with Gasteiger partial charge in [0.15, 0.2) is 0 Å². The lowest BCUT2D eigenvalue weighted by atomic mass is 10.1. The van der Waals surface area contributed by atoms with E-state index < -0.39 is 6.10 Å². The fourth-order valence-corrected chi connectivity index (χ4v) is 3.19. The molecule has 0 bridgehead atoms. The van der Waals surface area contributed by atoms with E-state index in [1.54, 1.807) is 30.3 Å². The van der Waals surface area contributed by atoms with E-state index in [1.807, 2.05) is 6.07 Å². The molecule has 2 heterocycles. The molecule has 2 aromatic carbocycles. The molecule has 0 saturated carbocycles. The lowest BCUT2D eigenvalue weighted by molar-refractivity contribution is -0.117. The number of H-pyrrole nitrogens is 1. The van der Waals surface area contributed by atoms with Gasteiger partial charge in [0, 0.05) is 18.7 Å². The smallest absolute Gasteiger partial charge is 0.241 e. The predicted octanol–water partition coefficient (Wildman–Crippen LogP) is 2.80. The van der Waals surface area contributed by atoms with Gasteiger partial charge >= 0.3 is 0 Å². The van der Waals surface area contributed by atoms with Gasteiger partial charge in [0.1, 0.15) is 11.6 Å². The van der Waals surface area contributed by atoms with Crippen LogP contribution in [0.1, 0.15) is 17.8 Å². The molecule has 9 heteroatoms. The molecule has 3 aromatic rings. The Morgan fingerprint density at radius 1 is 1.25 bits per heavy atom. The van der Waals surface area contributed by atoms with Crippen LogP contribution in [0.25, 0.3) is 11.0 Å². The van der Waals surface area contributed by atoms with Crippen molar-refractivity contribution < 1.29 is 14.3 Å². The quantitative estimate of drug-likeness (QED) is 0.516. The van der Waals surface area contributed by atoms with Gasteiger partial charge in [0.05, 0.1) is 23.2 Å². The zero-order valence-electron chi connectivity index (χ0n) is 14.8. The SMILES string of the molecule is Cl.Cl.O=C(Nc1ccc2nc(Cc3ccccc3F)[nH]c2c1)C1CC(O)CN1. The first-order valence-electron chi connectivity index (χ1n) is 8.53. The van der Waals surface area contributed by atoms with Crippen LogP contribution in [0.3, 0.4) is 0 Å². The Morgan fingerprint density at radius 2 is 2.04 bits per heavy atom. The number of amides is 1. The van der Waals surface area contributed by atoms with Crippen molar-refractivity contribution in [2.45, 2.75) is 25.0 Å². The highest BCUT2D eigenvalue weighted by atomic mass is 35.5. The second-order valence-electron chi connectivity index (χ2n) is 6.52. The Kier molecular flexibility index (Phi) is 7.37. The van der Waals surface area contributed by atoms with Gasteiger partial charge in [-0.05, 0) is 36.2 Å². The summed E-state index contributed by atoms with van der Waals surface area (Å²) in [4.78, 5) is 19.9. The molecule has 6 nitrogen and oxygen atoms in total. The third-order valence-corrected chi connectivity index (χ3v) is 4.54. The summed E-state index contributed by atoms with van der Waals surface area (Å²) in [5, 5.41) is 15.3. The molecule has 1 amide bonds. The van der Waals surface area contributed by atoms with Crippen molar-refractivity contribution in [2.75, 3.05) is 11.9 Å². The Bertz CT molecular complexity index is 966. The van der Waals surface area contributed by atoms with E-state index in [1.165, 1.54) is 6.07 Å². The van der Waals surface area contributed by atoms with Crippen LogP contribution in [0.5, 0.6) is 0 Å². The highest BCUT2D eigenvalue weighted by Crippen LogP contribution is 2.20. The van der Waals surface area contributed by atoms with Gasteiger partial charge in [0.25, 0.3) is 0 Å². The number of aliphatic hydroxyl groups is 1. The zero-order valence-corrected chi connectivity index (χ0v) is 16.4. The average Bonchev–Trinajstić information content (AvgIpc) is 3.22. The van der Waals surface area contributed by atoms with E-state index in [-0.39, 0.29) is 42.6 Å². The molecule has 1 aromatic heterocycles. The largest absolute Gasteiger partial charge is 0.392 e. The normalized spacial score (nSPS) is 18.4. The Labute approximate surface area is 173 Å². The van der Waals surface area contributed by atoms with Gasteiger partial charge in [-0.15, -0.1) is 24.8 Å². The van der Waals surface area contributed by atoms with Gasteiger partial charge in [-0.2, -0.15) is 0 Å². The highest BCUT2D eigenvalue weighted by Gasteiger charge is 2.28. The minimum absolute atomic E-state index is 0. The third-order valence-electron chi connectivity index (χ3n) is 4.54. The summed E-state index contributed by atoms with van der Waals surface area (Å²) >= 11 is 0. The fourth-order valence-electron chi connectivity index (χ4n) is 3.19. The van der Waals surface area contributed by atoms with Crippen LogP contribution in [0, 0.1) is 5.82 Å². The number of hydrogen-bond acceptors (Lipinski definition) is 4. The van der Waals surface area contributed by atoms with Gasteiger partial charge in [0.2, 0.25) is 5.91 Å². The number of carbonyl (C=O) groups is 1. The molecule has 2 unspecified atom stereocenters. The number of aromatic nitrogens is 2. The highest BCUT2D eigenvalue weighted by molar-refractivity contribution is 5.96. The van der Waals surface area contributed by atoms with Crippen LogP contribution < -0.4 is 10.6 Å². The maximum atomic E-state index is 13.8. The maximum Gasteiger partial charge on any atom is 0.241 e. The Morgan fingerprint density at radius 3 is 2.75 bits per heavy atom. The van der Waals surface area contributed by atoms with Crippen LogP contribution in [-0.4, -0.2) is 39.7 Å². The van der Waals surface area contributed by atoms with Crippen molar-refractivity contribution in [3.8, 4) is 0 Å². The van der Waals surface area contributed by atoms with E-state index in [2.05, 4.69) is 20.6 Å². The number of nitrogens with one attached hydrogen (secondary N) is 3. The topological polar surface area (TPSA) is 90.0 Å². The first-order chi connectivity index (χ1) is 12.6. The number of halogens is 3. The van der Waals surface area contributed by atoms with Crippen LogP contribution in [0.4, 0.5) is 10.1 Å². The predicted molar refractivity (Wildman–Crippen MR) is 111 cm³/mol. The molecule has 2 atom stereocenters. The lowest BCUT2D eigenvalue weighted by Crippen LogP contribution is -2.35. The minimum atomic E-state index is -0.484. The number of aromatic amines is 1. The number of benzene rings is 2. The molecule has 150 valence electrons. The van der Waals surface area contributed by atoms with E-state index >= 15 is 0 Å². The van der Waals surface area contributed by atoms with Crippen LogP contribution >= 0.6 is 24.8 Å². The zero-order chi connectivity index (χ0) is 18.1. The number of β-amino-alcohol motifs (C(OH)–C–C–N with tert-alkyl or cyclic N) is 1. The number of aliphatic hydroxyl groups excluding tert-OH is 1. The standard InChI is InChI=1S/C19H19FN4O2.2ClH/c20-14-4-2-1-3-11(14)7-18-23-15-6-5-12(8-16(15)24-18)22-19(26)17-9-13(25)10-21-17;;/h1-6,8,13,17,21,25H,7,9-10H2,(H,22,26)(H,23,24);2*1H. The van der Waals surface area contributed by atoms with E-state index in [4.69, 9.17) is 0 Å². The van der Waals surface area contributed by atoms with Crippen molar-refractivity contribution in [3.63, 3.8) is 0 Å². The second kappa shape index (κ2) is 9.34. The van der Waals surface area contributed by atoms with Crippen molar-refractivity contribution >= 4 is 47.4 Å². The number of carbonyl (C=O) groups excluding carboxylic acids is 1. The monoisotopic (exact) mass is 426 g/mol. The summed E-state index contributed by atoms with van der Waals surface area (Å²) in [5.74, 6) is 0.230. The van der Waals surface area contributed by atoms with Crippen LogP contribution in [0.2, 0.25) is 0 Å². The first-order valence-corrected chi connectivity index (χ1v) is 8.53. The molecule has 1 fully saturated rings. The van der Waals surface area contributed by atoms with Gasteiger partial charge < -0.3 is 20.7 Å². The third kappa shape index (κ3) is 4.80. The first kappa shape index (κ1) is 22.1. The molecule has 4 N–H and O–H groups in total. The Hall–Kier alpha value is -2.19. The minimum Gasteiger partial charge on any atom is -0.392 e. The maximum absolute atomic E-state index is 13.8. The van der Waals surface area contributed by atoms with E-state index in [9.17, 15) is 14.3 Å². The number of rotatable bonds is 4. The number of fused-ring (bicyclic) bond motifs is 1. The van der Waals surface area contributed by atoms with Gasteiger partial charge in [-0.25, -0.2) is 9.37 Å². The van der Waals surface area contributed by atoms with Crippen molar-refractivity contribution in [3.05, 3.63) is 59.7 Å². The summed E-state index contributed by atoms with van der Waals surface area (Å²) < 4.78 is 13.8. The summed E-state index contributed by atoms with van der Waals surface area (Å²) in [5.41, 5.74) is 2.75. The second-order valence-corrected chi connectivity index (χ2v) is 6.52. The summed E-state index contributed by atoms with van der Waals surface area (Å²) in [6, 6.07) is 11.6. The average molecular weight is 427 g/mol. The van der Waals surface area contributed by atoms with Gasteiger partial charge in [-0.1, -0.05) is 18.2 Å². The van der Waals surface area contributed by atoms with Crippen LogP contribution in [-0.2, 0) is 11.2 Å². The van der Waals surface area contributed by atoms with E-state index in [0.717, 1.165) is 11.0 Å². The number of nitrogens with zero attached hydrogens (tertiary/aromatic N) is 1. The number of anilines is 1. The molecular formula is C19H21Cl2FN4O2. The molecule has 28 heavy (non-hydrogen) atoms. The molecule has 1 saturated heterocycles. The molecule has 0 spiro atoms. The fraction of sp³-hybridized carbons (Fsp3) is 0.263. The van der Waals surface area contributed by atoms with Crippen molar-refractivity contribution in [1.29, 1.82) is 0 Å². The molecule has 0 radical (unpaired) electrons. The van der Waals surface area contributed by atoms with Crippen molar-refractivity contribution in [2.24, 2.45) is 0 Å². The number of imidazole rings is 1. The summed E-state index contributed by atoms with van der Waals surface area (Å²) in [6.45, 7) is 0.428. The Balaban J connectivity index is 0.00000140. The van der Waals surface area contributed by atoms with E-state index in [0.29, 0.717) is 36.5 Å². The molecule has 1 aliphatic heterocycles. The van der Waals surface area contributed by atoms with Gasteiger partial charge in [-0.3, -0.25) is 4.79 Å². The molecule has 1 aliphatic rings. The summed E-state index contributed by atoms with van der Waals surface area (Å²) in [7, 11) is 0. The lowest BCUT2D eigenvalue weighted by Gasteiger charge is -2.10. The summed E-state index contributed by atoms with van der Waals surface area (Å²) in [6.07, 6.45) is 0.291. The molecule has 4 rings (SSSR count). The molecule has 0 aliphatic carbocycles. The molecular weight excluding hydrogens is 406 g/mol. The van der Waals surface area contributed by atoms with Crippen LogP contribution in [0.15, 0.2) is 42.5 Å². The van der Waals surface area contributed by atoms with Crippen molar-refractivity contribution in [1.82, 2.24) is 15.3 Å². The number of hydrogen-bond donors (Lipinski definition) is 4.